The maximum absolute atomic E-state index is 5.66. The molecular formula is C16H17N3O. The number of nitrogens with zero attached hydrogens (tertiary/aromatic N) is 2. The quantitative estimate of drug-likeness (QED) is 0.790. The van der Waals surface area contributed by atoms with Gasteiger partial charge in [0.05, 0.1) is 24.9 Å². The Bertz CT molecular complexity index is 716. The molecule has 0 atom stereocenters. The third kappa shape index (κ3) is 2.26. The van der Waals surface area contributed by atoms with E-state index in [0.29, 0.717) is 13.2 Å². The van der Waals surface area contributed by atoms with Crippen molar-refractivity contribution in [2.24, 2.45) is 5.73 Å². The lowest BCUT2D eigenvalue weighted by atomic mass is 10.1. The van der Waals surface area contributed by atoms with Crippen LogP contribution in [-0.2, 0) is 6.54 Å². The van der Waals surface area contributed by atoms with Crippen molar-refractivity contribution >= 4 is 5.52 Å². The van der Waals surface area contributed by atoms with E-state index in [2.05, 4.69) is 29.2 Å². The average Bonchev–Trinajstić information content (AvgIpc) is 2.90. The monoisotopic (exact) mass is 267 g/mol. The number of pyridine rings is 1. The Labute approximate surface area is 117 Å². The molecule has 0 aliphatic carbocycles. The minimum Gasteiger partial charge on any atom is -0.494 e. The molecule has 2 N–H and O–H groups in total. The van der Waals surface area contributed by atoms with Crippen LogP contribution in [0.25, 0.3) is 16.6 Å². The van der Waals surface area contributed by atoms with Crippen molar-refractivity contribution in [1.29, 1.82) is 0 Å². The van der Waals surface area contributed by atoms with E-state index in [1.54, 1.807) is 0 Å². The molecule has 0 amide bonds. The number of fused-ring (bicyclic) bond motifs is 1. The molecule has 4 nitrogen and oxygen atoms in total. The summed E-state index contributed by atoms with van der Waals surface area (Å²) in [6, 6.07) is 12.3. The maximum Gasteiger partial charge on any atom is 0.127 e. The van der Waals surface area contributed by atoms with Gasteiger partial charge >= 0.3 is 0 Å². The number of aromatic nitrogens is 2. The number of imidazole rings is 1. The van der Waals surface area contributed by atoms with Crippen LogP contribution in [-0.4, -0.2) is 16.0 Å². The minimum atomic E-state index is 0.441. The van der Waals surface area contributed by atoms with Crippen LogP contribution in [0.1, 0.15) is 12.7 Å². The normalized spacial score (nSPS) is 10.9. The lowest BCUT2D eigenvalue weighted by Gasteiger charge is -2.06. The van der Waals surface area contributed by atoms with Gasteiger partial charge in [-0.1, -0.05) is 12.1 Å². The van der Waals surface area contributed by atoms with Gasteiger partial charge in [0.15, 0.2) is 0 Å². The van der Waals surface area contributed by atoms with Crippen molar-refractivity contribution in [3.63, 3.8) is 0 Å². The first-order valence-electron chi connectivity index (χ1n) is 6.71. The largest absolute Gasteiger partial charge is 0.494 e. The molecule has 0 bridgehead atoms. The first-order valence-corrected chi connectivity index (χ1v) is 6.71. The molecule has 0 radical (unpaired) electrons. The molecule has 0 spiro atoms. The molecule has 20 heavy (non-hydrogen) atoms. The topological polar surface area (TPSA) is 52.5 Å². The Morgan fingerprint density at radius 3 is 2.65 bits per heavy atom. The summed E-state index contributed by atoms with van der Waals surface area (Å²) >= 11 is 0. The Kier molecular flexibility index (Phi) is 3.39. The van der Waals surface area contributed by atoms with E-state index < -0.39 is 0 Å². The fourth-order valence-electron chi connectivity index (χ4n) is 2.30. The molecule has 2 aromatic heterocycles. The van der Waals surface area contributed by atoms with Crippen LogP contribution in [0.5, 0.6) is 5.75 Å². The summed E-state index contributed by atoms with van der Waals surface area (Å²) in [4.78, 5) is 4.30. The van der Waals surface area contributed by atoms with Crippen LogP contribution in [0, 0.1) is 0 Å². The molecule has 0 fully saturated rings. The number of hydrogen-bond donors (Lipinski definition) is 1. The van der Waals surface area contributed by atoms with Crippen LogP contribution < -0.4 is 10.5 Å². The van der Waals surface area contributed by atoms with Crippen molar-refractivity contribution in [3.8, 4) is 16.9 Å². The number of benzene rings is 1. The van der Waals surface area contributed by atoms with Crippen molar-refractivity contribution < 1.29 is 4.74 Å². The van der Waals surface area contributed by atoms with Crippen LogP contribution in [0.4, 0.5) is 0 Å². The van der Waals surface area contributed by atoms with Crippen molar-refractivity contribution in [2.75, 3.05) is 6.61 Å². The molecule has 0 saturated carbocycles. The van der Waals surface area contributed by atoms with Crippen molar-refractivity contribution in [1.82, 2.24) is 9.38 Å². The Morgan fingerprint density at radius 1 is 1.15 bits per heavy atom. The number of nitrogens with two attached hydrogens (primary N) is 1. The third-order valence-corrected chi connectivity index (χ3v) is 3.29. The fraction of sp³-hybridized carbons (Fsp3) is 0.188. The van der Waals surface area contributed by atoms with Gasteiger partial charge in [-0.2, -0.15) is 0 Å². The van der Waals surface area contributed by atoms with Gasteiger partial charge in [-0.25, -0.2) is 4.98 Å². The van der Waals surface area contributed by atoms with Crippen LogP contribution in [0.2, 0.25) is 0 Å². The molecule has 3 aromatic rings. The van der Waals surface area contributed by atoms with E-state index >= 15 is 0 Å². The summed E-state index contributed by atoms with van der Waals surface area (Å²) in [7, 11) is 0. The summed E-state index contributed by atoms with van der Waals surface area (Å²) in [6.45, 7) is 3.11. The van der Waals surface area contributed by atoms with Gasteiger partial charge in [-0.3, -0.25) is 0 Å². The Hall–Kier alpha value is -2.33. The predicted molar refractivity (Wildman–Crippen MR) is 79.7 cm³/mol. The van der Waals surface area contributed by atoms with Gasteiger partial charge < -0.3 is 14.9 Å². The van der Waals surface area contributed by atoms with Crippen molar-refractivity contribution in [2.45, 2.75) is 13.5 Å². The second-order valence-corrected chi connectivity index (χ2v) is 4.55. The smallest absolute Gasteiger partial charge is 0.127 e. The minimum absolute atomic E-state index is 0.441. The standard InChI is InChI=1S/C16H17N3O/c1-2-20-15-5-3-12(4-6-15)13-7-8-19-14(9-13)11-18-16(19)10-17/h3-9,11H,2,10,17H2,1H3. The highest BCUT2D eigenvalue weighted by Gasteiger charge is 2.04. The second kappa shape index (κ2) is 5.35. The van der Waals surface area contributed by atoms with E-state index in [4.69, 9.17) is 10.5 Å². The first kappa shape index (κ1) is 12.7. The number of rotatable bonds is 4. The lowest BCUT2D eigenvalue weighted by molar-refractivity contribution is 0.340. The highest BCUT2D eigenvalue weighted by molar-refractivity contribution is 5.69. The predicted octanol–water partition coefficient (Wildman–Crippen LogP) is 2.86. The molecule has 3 rings (SSSR count). The molecule has 0 unspecified atom stereocenters. The molecule has 4 heteroatoms. The van der Waals surface area contributed by atoms with Gasteiger partial charge in [0, 0.05) is 6.20 Å². The number of ether oxygens (including phenoxy) is 1. The summed E-state index contributed by atoms with van der Waals surface area (Å²) in [6.07, 6.45) is 3.86. The van der Waals surface area contributed by atoms with Gasteiger partial charge in [-0.05, 0) is 42.3 Å². The van der Waals surface area contributed by atoms with Gasteiger partial charge in [-0.15, -0.1) is 0 Å². The van der Waals surface area contributed by atoms with Crippen LogP contribution >= 0.6 is 0 Å². The molecule has 102 valence electrons. The molecular weight excluding hydrogens is 250 g/mol. The van der Waals surface area contributed by atoms with E-state index in [1.165, 1.54) is 0 Å². The summed E-state index contributed by atoms with van der Waals surface area (Å²) in [5.41, 5.74) is 9.03. The first-order chi connectivity index (χ1) is 9.81. The molecule has 0 aliphatic rings. The zero-order valence-corrected chi connectivity index (χ0v) is 11.4. The molecule has 0 saturated heterocycles. The highest BCUT2D eigenvalue weighted by Crippen LogP contribution is 2.24. The SMILES string of the molecule is CCOc1ccc(-c2ccn3c(CN)ncc3c2)cc1. The summed E-state index contributed by atoms with van der Waals surface area (Å²) in [5, 5.41) is 0. The van der Waals surface area contributed by atoms with E-state index in [0.717, 1.165) is 28.2 Å². The Morgan fingerprint density at radius 2 is 1.95 bits per heavy atom. The average molecular weight is 267 g/mol. The van der Waals surface area contributed by atoms with E-state index in [9.17, 15) is 0 Å². The Balaban J connectivity index is 1.97. The fourth-order valence-corrected chi connectivity index (χ4v) is 2.30. The molecule has 2 heterocycles. The van der Waals surface area contributed by atoms with Crippen LogP contribution in [0.3, 0.4) is 0 Å². The number of hydrogen-bond acceptors (Lipinski definition) is 3. The maximum atomic E-state index is 5.66. The zero-order chi connectivity index (χ0) is 13.9. The molecule has 1 aromatic carbocycles. The van der Waals surface area contributed by atoms with E-state index in [1.807, 2.05) is 35.9 Å². The van der Waals surface area contributed by atoms with E-state index in [-0.39, 0.29) is 0 Å². The lowest BCUT2D eigenvalue weighted by Crippen LogP contribution is -2.02. The summed E-state index contributed by atoms with van der Waals surface area (Å²) in [5.74, 6) is 1.77. The van der Waals surface area contributed by atoms with Gasteiger partial charge in [0.2, 0.25) is 0 Å². The molecule has 0 aliphatic heterocycles. The van der Waals surface area contributed by atoms with Crippen LogP contribution in [0.15, 0.2) is 48.8 Å². The van der Waals surface area contributed by atoms with Crippen molar-refractivity contribution in [3.05, 3.63) is 54.6 Å². The van der Waals surface area contributed by atoms with Gasteiger partial charge in [0.25, 0.3) is 0 Å². The third-order valence-electron chi connectivity index (χ3n) is 3.29. The highest BCUT2D eigenvalue weighted by atomic mass is 16.5. The summed E-state index contributed by atoms with van der Waals surface area (Å²) < 4.78 is 7.47. The van der Waals surface area contributed by atoms with Gasteiger partial charge in [0.1, 0.15) is 11.6 Å². The zero-order valence-electron chi connectivity index (χ0n) is 11.4. The second-order valence-electron chi connectivity index (χ2n) is 4.55.